The second-order valence-corrected chi connectivity index (χ2v) is 5.71. The van der Waals surface area contributed by atoms with Gasteiger partial charge >= 0.3 is 13.6 Å². The molecule has 16 heavy (non-hydrogen) atoms. The lowest BCUT2D eigenvalue weighted by Crippen LogP contribution is -1.99. The van der Waals surface area contributed by atoms with Gasteiger partial charge in [0.05, 0.1) is 15.6 Å². The van der Waals surface area contributed by atoms with Crippen LogP contribution in [0.15, 0.2) is 16.6 Å². The number of benzene rings is 1. The molecular weight excluding hydrogens is 303 g/mol. The van der Waals surface area contributed by atoms with Gasteiger partial charge in [0.25, 0.3) is 0 Å². The number of aromatic hydroxyl groups is 1. The molecule has 0 saturated heterocycles. The first-order chi connectivity index (χ1) is 7.32. The third kappa shape index (κ3) is 1.66. The standard InChI is InChI=1S/C8H6BrO6P/c9-4-2-1-3-5(6(4)10)8(15-7(3)11)16(12,13)14/h1-2,8,10H,(H2,12,13,14). The van der Waals surface area contributed by atoms with Crippen LogP contribution < -0.4 is 0 Å². The molecule has 6 nitrogen and oxygen atoms in total. The second-order valence-electron chi connectivity index (χ2n) is 3.20. The van der Waals surface area contributed by atoms with Crippen molar-refractivity contribution in [2.75, 3.05) is 0 Å². The molecule has 0 radical (unpaired) electrons. The Bertz CT molecular complexity index is 522. The SMILES string of the molecule is O=C1OC(P(=O)(O)O)c2c1ccc(Br)c2O. The number of rotatable bonds is 1. The van der Waals surface area contributed by atoms with Gasteiger partial charge in [-0.05, 0) is 28.1 Å². The van der Waals surface area contributed by atoms with Gasteiger partial charge in [-0.15, -0.1) is 0 Å². The smallest absolute Gasteiger partial charge is 0.370 e. The summed E-state index contributed by atoms with van der Waals surface area (Å²) in [5.41, 5.74) is -0.207. The summed E-state index contributed by atoms with van der Waals surface area (Å²) in [6.45, 7) is 0. The highest BCUT2D eigenvalue weighted by molar-refractivity contribution is 9.10. The maximum Gasteiger partial charge on any atom is 0.370 e. The molecule has 0 saturated carbocycles. The number of hydrogen-bond donors (Lipinski definition) is 3. The van der Waals surface area contributed by atoms with Gasteiger partial charge in [-0.25, -0.2) is 4.79 Å². The number of cyclic esters (lactones) is 1. The maximum atomic E-state index is 11.3. The first-order valence-corrected chi connectivity index (χ1v) is 6.57. The number of carbonyl (C=O) groups excluding carboxylic acids is 1. The number of phenolic OH excluding ortho intramolecular Hbond substituents is 1. The summed E-state index contributed by atoms with van der Waals surface area (Å²) in [5.74, 6) is -2.98. The summed E-state index contributed by atoms with van der Waals surface area (Å²) in [7, 11) is -4.65. The van der Waals surface area contributed by atoms with Crippen LogP contribution >= 0.6 is 23.5 Å². The van der Waals surface area contributed by atoms with E-state index in [1.165, 1.54) is 12.1 Å². The Morgan fingerprint density at radius 3 is 2.56 bits per heavy atom. The third-order valence-corrected chi connectivity index (χ3v) is 3.77. The van der Waals surface area contributed by atoms with Gasteiger partial charge in [-0.2, -0.15) is 0 Å². The molecule has 0 bridgehead atoms. The number of esters is 1. The molecule has 8 heteroatoms. The lowest BCUT2D eigenvalue weighted by molar-refractivity contribution is 0.0469. The molecule has 0 aliphatic carbocycles. The van der Waals surface area contributed by atoms with Crippen molar-refractivity contribution < 1.29 is 29.0 Å². The minimum absolute atomic E-state index is 0.0333. The van der Waals surface area contributed by atoms with E-state index in [-0.39, 0.29) is 15.6 Å². The van der Waals surface area contributed by atoms with Crippen molar-refractivity contribution in [3.8, 4) is 5.75 Å². The molecule has 86 valence electrons. The van der Waals surface area contributed by atoms with Crippen molar-refractivity contribution >= 4 is 29.5 Å². The Morgan fingerprint density at radius 1 is 1.38 bits per heavy atom. The van der Waals surface area contributed by atoms with Gasteiger partial charge in [-0.1, -0.05) is 0 Å². The van der Waals surface area contributed by atoms with E-state index in [4.69, 9.17) is 9.79 Å². The zero-order valence-electron chi connectivity index (χ0n) is 7.62. The van der Waals surface area contributed by atoms with Crippen LogP contribution in [0.1, 0.15) is 21.8 Å². The van der Waals surface area contributed by atoms with Crippen molar-refractivity contribution in [3.05, 3.63) is 27.7 Å². The summed E-state index contributed by atoms with van der Waals surface area (Å²) in [5, 5.41) is 9.65. The van der Waals surface area contributed by atoms with Crippen LogP contribution in [0, 0.1) is 0 Å². The Kier molecular flexibility index (Phi) is 2.58. The minimum Gasteiger partial charge on any atom is -0.506 e. The van der Waals surface area contributed by atoms with Gasteiger partial charge in [-0.3, -0.25) is 4.57 Å². The lowest BCUT2D eigenvalue weighted by atomic mass is 10.1. The van der Waals surface area contributed by atoms with E-state index in [0.717, 1.165) is 0 Å². The van der Waals surface area contributed by atoms with Crippen LogP contribution in [0.3, 0.4) is 0 Å². The minimum atomic E-state index is -4.65. The topological polar surface area (TPSA) is 104 Å². The maximum absolute atomic E-state index is 11.3. The molecule has 0 spiro atoms. The molecule has 1 aliphatic rings. The van der Waals surface area contributed by atoms with Crippen molar-refractivity contribution in [2.45, 2.75) is 5.85 Å². The van der Waals surface area contributed by atoms with Crippen molar-refractivity contribution in [2.24, 2.45) is 0 Å². The monoisotopic (exact) mass is 308 g/mol. The number of ether oxygens (including phenoxy) is 1. The van der Waals surface area contributed by atoms with Crippen LogP contribution in [0.25, 0.3) is 0 Å². The van der Waals surface area contributed by atoms with Gasteiger partial charge in [0.15, 0.2) is 0 Å². The van der Waals surface area contributed by atoms with Gasteiger partial charge in [0.2, 0.25) is 5.85 Å². The molecule has 1 aromatic rings. The lowest BCUT2D eigenvalue weighted by Gasteiger charge is -2.13. The number of fused-ring (bicyclic) bond motifs is 1. The molecule has 2 rings (SSSR count). The quantitative estimate of drug-likeness (QED) is 0.536. The number of hydrogen-bond acceptors (Lipinski definition) is 4. The highest BCUT2D eigenvalue weighted by atomic mass is 79.9. The fourth-order valence-electron chi connectivity index (χ4n) is 1.47. The molecule has 0 amide bonds. The Balaban J connectivity index is 2.69. The van der Waals surface area contributed by atoms with Crippen LogP contribution in [-0.2, 0) is 9.30 Å². The van der Waals surface area contributed by atoms with Crippen LogP contribution in [0.5, 0.6) is 5.75 Å². The molecule has 0 fully saturated rings. The first-order valence-electron chi connectivity index (χ1n) is 4.10. The summed E-state index contributed by atoms with van der Waals surface area (Å²) in [6.07, 6.45) is 0. The average molecular weight is 309 g/mol. The predicted octanol–water partition coefficient (Wildman–Crippen LogP) is 1.50. The van der Waals surface area contributed by atoms with E-state index in [2.05, 4.69) is 20.7 Å². The Hall–Kier alpha value is -0.880. The molecule has 1 unspecified atom stereocenters. The van der Waals surface area contributed by atoms with E-state index in [1.807, 2.05) is 0 Å². The fourth-order valence-corrected chi connectivity index (χ4v) is 2.65. The van der Waals surface area contributed by atoms with Gasteiger partial charge in [0.1, 0.15) is 5.75 Å². The summed E-state index contributed by atoms with van der Waals surface area (Å²) >= 11 is 2.99. The zero-order chi connectivity index (χ0) is 12.1. The molecule has 1 aromatic carbocycles. The highest BCUT2D eigenvalue weighted by Crippen LogP contribution is 2.59. The van der Waals surface area contributed by atoms with Crippen LogP contribution in [0.4, 0.5) is 0 Å². The van der Waals surface area contributed by atoms with E-state index in [1.54, 1.807) is 0 Å². The summed E-state index contributed by atoms with van der Waals surface area (Å²) in [4.78, 5) is 29.3. The van der Waals surface area contributed by atoms with Crippen molar-refractivity contribution in [1.82, 2.24) is 0 Å². The molecule has 3 N–H and O–H groups in total. The molecular formula is C8H6BrO6P. The first kappa shape index (κ1) is 11.6. The Morgan fingerprint density at radius 2 is 2.00 bits per heavy atom. The number of phenols is 1. The zero-order valence-corrected chi connectivity index (χ0v) is 10.1. The van der Waals surface area contributed by atoms with Crippen LogP contribution in [-0.4, -0.2) is 20.9 Å². The van der Waals surface area contributed by atoms with E-state index < -0.39 is 25.2 Å². The second kappa shape index (κ2) is 3.56. The number of halogens is 1. The fraction of sp³-hybridized carbons (Fsp3) is 0.125. The summed E-state index contributed by atoms with van der Waals surface area (Å²) < 4.78 is 15.9. The Labute approximate surface area is 98.1 Å². The largest absolute Gasteiger partial charge is 0.506 e. The van der Waals surface area contributed by atoms with E-state index in [9.17, 15) is 14.5 Å². The molecule has 0 aromatic heterocycles. The van der Waals surface area contributed by atoms with E-state index >= 15 is 0 Å². The molecule has 1 atom stereocenters. The van der Waals surface area contributed by atoms with Crippen LogP contribution in [0.2, 0.25) is 0 Å². The van der Waals surface area contributed by atoms with Gasteiger partial charge < -0.3 is 19.6 Å². The number of carbonyl (C=O) groups is 1. The normalized spacial score (nSPS) is 19.4. The predicted molar refractivity (Wildman–Crippen MR) is 56.0 cm³/mol. The molecule has 1 heterocycles. The van der Waals surface area contributed by atoms with Gasteiger partial charge in [0, 0.05) is 0 Å². The summed E-state index contributed by atoms with van der Waals surface area (Å²) in [6, 6.07) is 2.73. The van der Waals surface area contributed by atoms with Crippen molar-refractivity contribution in [1.29, 1.82) is 0 Å². The average Bonchev–Trinajstić information content (AvgIpc) is 2.50. The highest BCUT2D eigenvalue weighted by Gasteiger charge is 2.45. The molecule has 1 aliphatic heterocycles. The third-order valence-electron chi connectivity index (χ3n) is 2.16. The van der Waals surface area contributed by atoms with E-state index in [0.29, 0.717) is 0 Å². The van der Waals surface area contributed by atoms with Crippen molar-refractivity contribution in [3.63, 3.8) is 0 Å².